The predicted molar refractivity (Wildman–Crippen MR) is 113 cm³/mol. The minimum atomic E-state index is 0.0393. The summed E-state index contributed by atoms with van der Waals surface area (Å²) in [6.07, 6.45) is 0.838. The third kappa shape index (κ3) is 5.63. The molecule has 0 unspecified atom stereocenters. The van der Waals surface area contributed by atoms with Gasteiger partial charge in [0.05, 0.1) is 18.6 Å². The van der Waals surface area contributed by atoms with Gasteiger partial charge in [-0.05, 0) is 43.2 Å². The molecule has 0 fully saturated rings. The second kappa shape index (κ2) is 9.99. The number of aromatic nitrogens is 1. The normalized spacial score (nSPS) is 10.6. The highest BCUT2D eigenvalue weighted by atomic mass is 32.2. The molecule has 0 atom stereocenters. The largest absolute Gasteiger partial charge is 0.497 e. The lowest BCUT2D eigenvalue weighted by Gasteiger charge is -2.05. The molecule has 1 N–H and O–H groups in total. The number of aryl methyl sites for hydroxylation is 1. The highest BCUT2D eigenvalue weighted by Gasteiger charge is 2.12. The van der Waals surface area contributed by atoms with Crippen molar-refractivity contribution in [3.63, 3.8) is 0 Å². The molecular formula is C22H24N2O3S. The molecule has 3 aromatic rings. The van der Waals surface area contributed by atoms with Crippen molar-refractivity contribution in [2.75, 3.05) is 19.4 Å². The molecule has 3 rings (SSSR count). The third-order valence-corrected chi connectivity index (χ3v) is 5.22. The van der Waals surface area contributed by atoms with E-state index in [2.05, 4.69) is 22.4 Å². The maximum absolute atomic E-state index is 12.0. The number of carbonyl (C=O) groups is 1. The maximum atomic E-state index is 12.0. The summed E-state index contributed by atoms with van der Waals surface area (Å²) < 4.78 is 11.0. The number of oxazole rings is 1. The second-order valence-electron chi connectivity index (χ2n) is 6.33. The highest BCUT2D eigenvalue weighted by molar-refractivity contribution is 7.99. The fourth-order valence-electron chi connectivity index (χ4n) is 2.70. The summed E-state index contributed by atoms with van der Waals surface area (Å²) in [6, 6.07) is 17.7. The Labute approximate surface area is 169 Å². The minimum absolute atomic E-state index is 0.0393. The SMILES string of the molecule is COc1ccc(-c2nc(CSCC(=O)NCCc3ccccc3)c(C)o2)cc1. The number of benzene rings is 2. The van der Waals surface area contributed by atoms with Gasteiger partial charge in [0, 0.05) is 17.9 Å². The van der Waals surface area contributed by atoms with E-state index in [1.807, 2.05) is 49.4 Å². The zero-order valence-electron chi connectivity index (χ0n) is 16.1. The number of hydrogen-bond acceptors (Lipinski definition) is 5. The number of carbonyl (C=O) groups excluding carboxylic acids is 1. The molecule has 0 bridgehead atoms. The summed E-state index contributed by atoms with van der Waals surface area (Å²) in [5.41, 5.74) is 2.99. The lowest BCUT2D eigenvalue weighted by atomic mass is 10.1. The first-order chi connectivity index (χ1) is 13.7. The van der Waals surface area contributed by atoms with Crippen LogP contribution in [0.3, 0.4) is 0 Å². The molecule has 28 heavy (non-hydrogen) atoms. The molecule has 0 aliphatic carbocycles. The van der Waals surface area contributed by atoms with E-state index in [1.165, 1.54) is 17.3 Å². The van der Waals surface area contributed by atoms with Crippen LogP contribution in [0.25, 0.3) is 11.5 Å². The Hall–Kier alpha value is -2.73. The van der Waals surface area contributed by atoms with E-state index in [1.54, 1.807) is 7.11 Å². The molecule has 1 aromatic heterocycles. The van der Waals surface area contributed by atoms with E-state index >= 15 is 0 Å². The number of nitrogens with one attached hydrogen (secondary N) is 1. The zero-order valence-corrected chi connectivity index (χ0v) is 16.9. The summed E-state index contributed by atoms with van der Waals surface area (Å²) in [6.45, 7) is 2.55. The van der Waals surface area contributed by atoms with Gasteiger partial charge in [-0.1, -0.05) is 30.3 Å². The summed E-state index contributed by atoms with van der Waals surface area (Å²) in [4.78, 5) is 16.6. The second-order valence-corrected chi connectivity index (χ2v) is 7.31. The van der Waals surface area contributed by atoms with Crippen LogP contribution in [0, 0.1) is 6.92 Å². The van der Waals surface area contributed by atoms with E-state index < -0.39 is 0 Å². The Morgan fingerprint density at radius 3 is 2.61 bits per heavy atom. The van der Waals surface area contributed by atoms with Gasteiger partial charge in [-0.25, -0.2) is 4.98 Å². The molecule has 0 saturated carbocycles. The van der Waals surface area contributed by atoms with Crippen LogP contribution in [-0.2, 0) is 17.0 Å². The summed E-state index contributed by atoms with van der Waals surface area (Å²) >= 11 is 1.53. The molecule has 146 valence electrons. The Bertz CT molecular complexity index is 892. The van der Waals surface area contributed by atoms with Crippen molar-refractivity contribution in [2.24, 2.45) is 0 Å². The average Bonchev–Trinajstić information content (AvgIpc) is 3.09. The van der Waals surface area contributed by atoms with Gasteiger partial charge in [0.2, 0.25) is 11.8 Å². The van der Waals surface area contributed by atoms with Crippen LogP contribution < -0.4 is 10.1 Å². The molecule has 6 heteroatoms. The Morgan fingerprint density at radius 1 is 1.14 bits per heavy atom. The van der Waals surface area contributed by atoms with Gasteiger partial charge in [0.1, 0.15) is 11.5 Å². The van der Waals surface area contributed by atoms with Crippen molar-refractivity contribution in [2.45, 2.75) is 19.1 Å². The first-order valence-corrected chi connectivity index (χ1v) is 10.3. The van der Waals surface area contributed by atoms with Crippen LogP contribution in [0.5, 0.6) is 5.75 Å². The van der Waals surface area contributed by atoms with Crippen LogP contribution >= 0.6 is 11.8 Å². The number of amides is 1. The number of nitrogens with zero attached hydrogens (tertiary/aromatic N) is 1. The molecule has 0 aliphatic rings. The minimum Gasteiger partial charge on any atom is -0.497 e. The number of rotatable bonds is 9. The number of thioether (sulfide) groups is 1. The molecule has 1 amide bonds. The van der Waals surface area contributed by atoms with Crippen molar-refractivity contribution in [1.82, 2.24) is 10.3 Å². The van der Waals surface area contributed by atoms with Gasteiger partial charge in [0.25, 0.3) is 0 Å². The molecule has 0 aliphatic heterocycles. The van der Waals surface area contributed by atoms with Crippen molar-refractivity contribution >= 4 is 17.7 Å². The van der Waals surface area contributed by atoms with Crippen molar-refractivity contribution in [1.29, 1.82) is 0 Å². The smallest absolute Gasteiger partial charge is 0.230 e. The van der Waals surface area contributed by atoms with Crippen molar-refractivity contribution in [3.05, 3.63) is 71.6 Å². The highest BCUT2D eigenvalue weighted by Crippen LogP contribution is 2.25. The van der Waals surface area contributed by atoms with Crippen molar-refractivity contribution < 1.29 is 13.9 Å². The molecule has 5 nitrogen and oxygen atoms in total. The maximum Gasteiger partial charge on any atom is 0.230 e. The van der Waals surface area contributed by atoms with Gasteiger partial charge in [-0.2, -0.15) is 0 Å². The monoisotopic (exact) mass is 396 g/mol. The average molecular weight is 397 g/mol. The topological polar surface area (TPSA) is 64.4 Å². The van der Waals surface area contributed by atoms with Crippen LogP contribution in [0.15, 0.2) is 59.0 Å². The predicted octanol–water partition coefficient (Wildman–Crippen LogP) is 4.25. The van der Waals surface area contributed by atoms with Gasteiger partial charge in [-0.15, -0.1) is 11.8 Å². The number of methoxy groups -OCH3 is 1. The summed E-state index contributed by atoms with van der Waals surface area (Å²) in [5, 5.41) is 2.96. The van der Waals surface area contributed by atoms with Gasteiger partial charge >= 0.3 is 0 Å². The van der Waals surface area contributed by atoms with Crippen LogP contribution in [0.2, 0.25) is 0 Å². The Balaban J connectivity index is 1.44. The fraction of sp³-hybridized carbons (Fsp3) is 0.273. The summed E-state index contributed by atoms with van der Waals surface area (Å²) in [5.74, 6) is 3.24. The molecule has 0 spiro atoms. The van der Waals surface area contributed by atoms with Crippen LogP contribution in [0.1, 0.15) is 17.0 Å². The van der Waals surface area contributed by atoms with E-state index in [-0.39, 0.29) is 5.91 Å². The van der Waals surface area contributed by atoms with E-state index in [0.29, 0.717) is 23.9 Å². The lowest BCUT2D eigenvalue weighted by molar-refractivity contribution is -0.118. The standard InChI is InChI=1S/C22H24N2O3S/c1-16-20(24-22(27-16)18-8-10-19(26-2)11-9-18)14-28-15-21(25)23-13-12-17-6-4-3-5-7-17/h3-11H,12-15H2,1-2H3,(H,23,25). The first kappa shape index (κ1) is 20.0. The van der Waals surface area contributed by atoms with Gasteiger partial charge < -0.3 is 14.5 Å². The lowest BCUT2D eigenvalue weighted by Crippen LogP contribution is -2.27. The van der Waals surface area contributed by atoms with Gasteiger partial charge in [-0.3, -0.25) is 4.79 Å². The van der Waals surface area contributed by atoms with E-state index in [4.69, 9.17) is 9.15 Å². The van der Waals surface area contributed by atoms with Crippen LogP contribution in [0.4, 0.5) is 0 Å². The van der Waals surface area contributed by atoms with Crippen molar-refractivity contribution in [3.8, 4) is 17.2 Å². The molecule has 1 heterocycles. The Kier molecular flexibility index (Phi) is 7.14. The molecular weight excluding hydrogens is 372 g/mol. The zero-order chi connectivity index (χ0) is 19.8. The summed E-state index contributed by atoms with van der Waals surface area (Å²) in [7, 11) is 1.64. The third-order valence-electron chi connectivity index (χ3n) is 4.28. The number of ether oxygens (including phenoxy) is 1. The fourth-order valence-corrected chi connectivity index (χ4v) is 3.55. The van der Waals surface area contributed by atoms with E-state index in [9.17, 15) is 4.79 Å². The molecule has 0 saturated heterocycles. The van der Waals surface area contributed by atoms with Crippen LogP contribution in [-0.4, -0.2) is 30.3 Å². The number of hydrogen-bond donors (Lipinski definition) is 1. The van der Waals surface area contributed by atoms with Gasteiger partial charge in [0.15, 0.2) is 0 Å². The molecule has 0 radical (unpaired) electrons. The first-order valence-electron chi connectivity index (χ1n) is 9.15. The Morgan fingerprint density at radius 2 is 1.89 bits per heavy atom. The molecule has 2 aromatic carbocycles. The van der Waals surface area contributed by atoms with E-state index in [0.717, 1.165) is 29.2 Å². The quantitative estimate of drug-likeness (QED) is 0.586.